The fourth-order valence-electron chi connectivity index (χ4n) is 3.04. The second-order valence-electron chi connectivity index (χ2n) is 6.60. The molecule has 0 heterocycles. The van der Waals surface area contributed by atoms with Crippen molar-refractivity contribution in [2.24, 2.45) is 0 Å². The first-order valence-corrected chi connectivity index (χ1v) is 8.25. The molecule has 0 nitrogen and oxygen atoms in total. The van der Waals surface area contributed by atoms with Crippen molar-refractivity contribution in [1.82, 2.24) is 0 Å². The number of hydrogen-bond acceptors (Lipinski definition) is 0. The molecule has 0 saturated heterocycles. The van der Waals surface area contributed by atoms with E-state index in [9.17, 15) is 0 Å². The molecule has 3 aromatic carbocycles. The Labute approximate surface area is 139 Å². The maximum absolute atomic E-state index is 2.33. The second-order valence-corrected chi connectivity index (χ2v) is 6.60. The molecule has 0 saturated carbocycles. The third kappa shape index (κ3) is 3.37. The van der Waals surface area contributed by atoms with E-state index in [1.54, 1.807) is 0 Å². The van der Waals surface area contributed by atoms with Crippen molar-refractivity contribution in [3.8, 4) is 0 Å². The lowest BCUT2D eigenvalue weighted by Gasteiger charge is -2.20. The highest BCUT2D eigenvalue weighted by atomic mass is 14.2. The zero-order valence-corrected chi connectivity index (χ0v) is 14.4. The third-order valence-electron chi connectivity index (χ3n) is 4.69. The predicted octanol–water partition coefficient (Wildman–Crippen LogP) is 6.10. The Bertz CT molecular complexity index is 747. The van der Waals surface area contributed by atoms with Gasteiger partial charge in [0.25, 0.3) is 0 Å². The Morgan fingerprint density at radius 3 is 1.35 bits per heavy atom. The summed E-state index contributed by atoms with van der Waals surface area (Å²) in [6, 6.07) is 24.7. The third-order valence-corrected chi connectivity index (χ3v) is 4.69. The second kappa shape index (κ2) is 6.42. The van der Waals surface area contributed by atoms with Gasteiger partial charge in [0, 0.05) is 5.92 Å². The lowest BCUT2D eigenvalue weighted by atomic mass is 9.83. The van der Waals surface area contributed by atoms with Gasteiger partial charge in [-0.05, 0) is 55.5 Å². The molecule has 0 aliphatic rings. The SMILES string of the molecule is Cc1ccc(C(c2ccc(C)cc2)c2ccc(C)c(C)c2)cc1. The van der Waals surface area contributed by atoms with Gasteiger partial charge in [-0.1, -0.05) is 77.9 Å². The van der Waals surface area contributed by atoms with Crippen molar-refractivity contribution in [1.29, 1.82) is 0 Å². The predicted molar refractivity (Wildman–Crippen MR) is 99.2 cm³/mol. The van der Waals surface area contributed by atoms with Crippen LogP contribution >= 0.6 is 0 Å². The molecule has 23 heavy (non-hydrogen) atoms. The van der Waals surface area contributed by atoms with Crippen LogP contribution in [0.3, 0.4) is 0 Å². The normalized spacial score (nSPS) is 11.0. The minimum atomic E-state index is 0.287. The Balaban J connectivity index is 2.14. The average Bonchev–Trinajstić information content (AvgIpc) is 2.55. The van der Waals surface area contributed by atoms with Gasteiger partial charge < -0.3 is 0 Å². The monoisotopic (exact) mass is 300 g/mol. The zero-order valence-electron chi connectivity index (χ0n) is 14.4. The molecule has 3 rings (SSSR count). The molecule has 0 unspecified atom stereocenters. The maximum Gasteiger partial charge on any atom is 0.0340 e. The summed E-state index contributed by atoms with van der Waals surface area (Å²) in [6.07, 6.45) is 0. The van der Waals surface area contributed by atoms with Gasteiger partial charge in [-0.15, -0.1) is 0 Å². The van der Waals surface area contributed by atoms with E-state index < -0.39 is 0 Å². The first kappa shape index (κ1) is 15.6. The molecule has 0 fully saturated rings. The number of aryl methyl sites for hydroxylation is 4. The Morgan fingerprint density at radius 1 is 0.478 bits per heavy atom. The molecular weight excluding hydrogens is 276 g/mol. The summed E-state index contributed by atoms with van der Waals surface area (Å²) >= 11 is 0. The Hall–Kier alpha value is -2.34. The number of rotatable bonds is 3. The van der Waals surface area contributed by atoms with Crippen LogP contribution in [0.5, 0.6) is 0 Å². The van der Waals surface area contributed by atoms with E-state index in [4.69, 9.17) is 0 Å². The van der Waals surface area contributed by atoms with Crippen LogP contribution in [0.15, 0.2) is 66.7 Å². The summed E-state index contributed by atoms with van der Waals surface area (Å²) in [6.45, 7) is 8.65. The van der Waals surface area contributed by atoms with Crippen molar-refractivity contribution >= 4 is 0 Å². The van der Waals surface area contributed by atoms with Crippen molar-refractivity contribution in [3.05, 3.63) is 106 Å². The molecule has 0 heteroatoms. The van der Waals surface area contributed by atoms with Gasteiger partial charge in [0.1, 0.15) is 0 Å². The van der Waals surface area contributed by atoms with E-state index in [1.165, 1.54) is 38.9 Å². The molecule has 0 atom stereocenters. The smallest absolute Gasteiger partial charge is 0.0340 e. The first-order chi connectivity index (χ1) is 11.0. The van der Waals surface area contributed by atoms with Crippen LogP contribution in [0.4, 0.5) is 0 Å². The molecule has 3 aromatic rings. The fourth-order valence-corrected chi connectivity index (χ4v) is 3.04. The van der Waals surface area contributed by atoms with E-state index in [0.29, 0.717) is 0 Å². The van der Waals surface area contributed by atoms with Gasteiger partial charge in [0.15, 0.2) is 0 Å². The quantitative estimate of drug-likeness (QED) is 0.513. The van der Waals surface area contributed by atoms with Crippen LogP contribution in [-0.4, -0.2) is 0 Å². The highest BCUT2D eigenvalue weighted by Gasteiger charge is 2.17. The maximum atomic E-state index is 2.33. The molecule has 0 amide bonds. The molecule has 116 valence electrons. The van der Waals surface area contributed by atoms with Gasteiger partial charge >= 0.3 is 0 Å². The Morgan fingerprint density at radius 2 is 0.913 bits per heavy atom. The standard InChI is InChI=1S/C23H24/c1-16-5-10-20(11-6-16)23(21-12-7-17(2)8-13-21)22-14-9-18(3)19(4)15-22/h5-15,23H,1-4H3. The van der Waals surface area contributed by atoms with Crippen LogP contribution in [0.2, 0.25) is 0 Å². The number of benzene rings is 3. The summed E-state index contributed by atoms with van der Waals surface area (Å²) in [4.78, 5) is 0. The van der Waals surface area contributed by atoms with Crippen molar-refractivity contribution in [2.45, 2.75) is 33.6 Å². The lowest BCUT2D eigenvalue weighted by molar-refractivity contribution is 0.969. The van der Waals surface area contributed by atoms with Crippen LogP contribution < -0.4 is 0 Å². The average molecular weight is 300 g/mol. The van der Waals surface area contributed by atoms with Gasteiger partial charge in [0.2, 0.25) is 0 Å². The summed E-state index contributed by atoms with van der Waals surface area (Å²) in [5.41, 5.74) is 9.37. The van der Waals surface area contributed by atoms with Crippen LogP contribution in [0, 0.1) is 27.7 Å². The van der Waals surface area contributed by atoms with Gasteiger partial charge in [-0.3, -0.25) is 0 Å². The molecule has 0 N–H and O–H groups in total. The Kier molecular flexibility index (Phi) is 4.34. The summed E-state index contributed by atoms with van der Waals surface area (Å²) in [5, 5.41) is 0. The highest BCUT2D eigenvalue weighted by molar-refractivity contribution is 5.46. The minimum Gasteiger partial charge on any atom is -0.0590 e. The van der Waals surface area contributed by atoms with Gasteiger partial charge in [-0.25, -0.2) is 0 Å². The van der Waals surface area contributed by atoms with E-state index in [2.05, 4.69) is 94.4 Å². The van der Waals surface area contributed by atoms with Crippen LogP contribution in [0.25, 0.3) is 0 Å². The number of hydrogen-bond donors (Lipinski definition) is 0. The zero-order chi connectivity index (χ0) is 16.4. The molecular formula is C23H24. The van der Waals surface area contributed by atoms with Gasteiger partial charge in [0.05, 0.1) is 0 Å². The van der Waals surface area contributed by atoms with Gasteiger partial charge in [-0.2, -0.15) is 0 Å². The topological polar surface area (TPSA) is 0 Å². The van der Waals surface area contributed by atoms with E-state index in [0.717, 1.165) is 0 Å². The lowest BCUT2D eigenvalue weighted by Crippen LogP contribution is -2.04. The van der Waals surface area contributed by atoms with Crippen LogP contribution in [0.1, 0.15) is 44.9 Å². The molecule has 0 aliphatic carbocycles. The molecule has 0 aromatic heterocycles. The highest BCUT2D eigenvalue weighted by Crippen LogP contribution is 2.33. The largest absolute Gasteiger partial charge is 0.0590 e. The minimum absolute atomic E-state index is 0.287. The van der Waals surface area contributed by atoms with Crippen molar-refractivity contribution < 1.29 is 0 Å². The summed E-state index contributed by atoms with van der Waals surface area (Å²) in [5.74, 6) is 0.287. The summed E-state index contributed by atoms with van der Waals surface area (Å²) < 4.78 is 0. The van der Waals surface area contributed by atoms with Crippen molar-refractivity contribution in [3.63, 3.8) is 0 Å². The molecule has 0 spiro atoms. The van der Waals surface area contributed by atoms with Crippen molar-refractivity contribution in [2.75, 3.05) is 0 Å². The fraction of sp³-hybridized carbons (Fsp3) is 0.217. The summed E-state index contributed by atoms with van der Waals surface area (Å²) in [7, 11) is 0. The molecule has 0 aliphatic heterocycles. The van der Waals surface area contributed by atoms with E-state index >= 15 is 0 Å². The first-order valence-electron chi connectivity index (χ1n) is 8.25. The molecule has 0 bridgehead atoms. The molecule has 0 radical (unpaired) electrons. The van der Waals surface area contributed by atoms with Crippen LogP contribution in [-0.2, 0) is 0 Å². The van der Waals surface area contributed by atoms with E-state index in [-0.39, 0.29) is 5.92 Å². The van der Waals surface area contributed by atoms with E-state index in [1.807, 2.05) is 0 Å².